The van der Waals surface area contributed by atoms with E-state index in [0.29, 0.717) is 37.4 Å². The standard InChI is InChI=1S/C16H17BrN2O5/c17-10-1-2-11-12(8-19(9-14(20)21)13(11)7-10)15(16(22)23)18-3-5-24-6-4-18/h1-2,7-8,15H,3-6,9H2,(H,20,21)(H,22,23). The minimum absolute atomic E-state index is 0.220. The van der Waals surface area contributed by atoms with Crippen molar-refractivity contribution >= 4 is 38.8 Å². The van der Waals surface area contributed by atoms with Crippen LogP contribution in [0, 0.1) is 0 Å². The number of ether oxygens (including phenoxy) is 1. The molecule has 8 heteroatoms. The summed E-state index contributed by atoms with van der Waals surface area (Å²) >= 11 is 3.38. The fourth-order valence-electron chi connectivity index (χ4n) is 3.11. The molecule has 1 aliphatic heterocycles. The maximum absolute atomic E-state index is 11.9. The molecule has 1 aliphatic rings. The minimum atomic E-state index is -0.975. The van der Waals surface area contributed by atoms with Crippen molar-refractivity contribution in [3.05, 3.63) is 34.4 Å². The highest BCUT2D eigenvalue weighted by molar-refractivity contribution is 9.10. The monoisotopic (exact) mass is 396 g/mol. The summed E-state index contributed by atoms with van der Waals surface area (Å²) in [5, 5.41) is 19.6. The lowest BCUT2D eigenvalue weighted by atomic mass is 10.0. The van der Waals surface area contributed by atoms with Gasteiger partial charge in [0.15, 0.2) is 0 Å². The SMILES string of the molecule is O=C(O)Cn1cc(C(C(=O)O)N2CCOCC2)c2ccc(Br)cc21. The fourth-order valence-corrected chi connectivity index (χ4v) is 3.46. The number of morpholine rings is 1. The van der Waals surface area contributed by atoms with Crippen LogP contribution >= 0.6 is 15.9 Å². The van der Waals surface area contributed by atoms with Gasteiger partial charge in [-0.25, -0.2) is 0 Å². The molecule has 24 heavy (non-hydrogen) atoms. The number of hydrogen-bond acceptors (Lipinski definition) is 4. The second kappa shape index (κ2) is 6.92. The van der Waals surface area contributed by atoms with E-state index in [0.717, 1.165) is 9.86 Å². The lowest BCUT2D eigenvalue weighted by Crippen LogP contribution is -2.42. The first-order valence-corrected chi connectivity index (χ1v) is 8.31. The number of fused-ring (bicyclic) bond motifs is 1. The molecule has 2 N–H and O–H groups in total. The van der Waals surface area contributed by atoms with Crippen LogP contribution in [-0.2, 0) is 20.9 Å². The smallest absolute Gasteiger partial charge is 0.325 e. The summed E-state index contributed by atoms with van der Waals surface area (Å²) in [4.78, 5) is 24.9. The highest BCUT2D eigenvalue weighted by Gasteiger charge is 2.31. The zero-order chi connectivity index (χ0) is 17.3. The van der Waals surface area contributed by atoms with Gasteiger partial charge in [0.25, 0.3) is 0 Å². The number of nitrogens with zero attached hydrogens (tertiary/aromatic N) is 2. The van der Waals surface area contributed by atoms with Crippen LogP contribution in [0.25, 0.3) is 10.9 Å². The van der Waals surface area contributed by atoms with Gasteiger partial charge in [-0.3, -0.25) is 14.5 Å². The van der Waals surface area contributed by atoms with Crippen LogP contribution in [0.4, 0.5) is 0 Å². The van der Waals surface area contributed by atoms with Gasteiger partial charge in [0.1, 0.15) is 12.6 Å². The number of aliphatic carboxylic acids is 2. The number of carboxylic acids is 2. The number of benzene rings is 1. The van der Waals surface area contributed by atoms with E-state index in [1.807, 2.05) is 17.0 Å². The quantitative estimate of drug-likeness (QED) is 0.802. The van der Waals surface area contributed by atoms with E-state index >= 15 is 0 Å². The van der Waals surface area contributed by atoms with Crippen molar-refractivity contribution in [3.63, 3.8) is 0 Å². The van der Waals surface area contributed by atoms with Crippen LogP contribution in [0.15, 0.2) is 28.9 Å². The summed E-state index contributed by atoms with van der Waals surface area (Å²) in [6.45, 7) is 1.81. The molecule has 0 radical (unpaired) electrons. The van der Waals surface area contributed by atoms with Gasteiger partial charge in [-0.2, -0.15) is 0 Å². The second-order valence-corrected chi connectivity index (χ2v) is 6.57. The van der Waals surface area contributed by atoms with Gasteiger partial charge in [0.05, 0.1) is 18.7 Å². The molecule has 128 valence electrons. The van der Waals surface area contributed by atoms with Gasteiger partial charge >= 0.3 is 11.9 Å². The van der Waals surface area contributed by atoms with Gasteiger partial charge in [-0.05, 0) is 12.1 Å². The summed E-state index contributed by atoms with van der Waals surface area (Å²) < 4.78 is 7.69. The Bertz CT molecular complexity index is 782. The Balaban J connectivity index is 2.12. The van der Waals surface area contributed by atoms with Gasteiger partial charge in [0.2, 0.25) is 0 Å². The normalized spacial score (nSPS) is 17.0. The lowest BCUT2D eigenvalue weighted by Gasteiger charge is -2.31. The Morgan fingerprint density at radius 1 is 1.25 bits per heavy atom. The maximum Gasteiger partial charge on any atom is 0.325 e. The molecular weight excluding hydrogens is 380 g/mol. The van der Waals surface area contributed by atoms with Crippen LogP contribution in [0.1, 0.15) is 11.6 Å². The van der Waals surface area contributed by atoms with Crippen LogP contribution in [0.2, 0.25) is 0 Å². The molecule has 1 saturated heterocycles. The van der Waals surface area contributed by atoms with Crippen LogP contribution in [0.5, 0.6) is 0 Å². The molecule has 0 aliphatic carbocycles. The predicted molar refractivity (Wildman–Crippen MR) is 90.0 cm³/mol. The van der Waals surface area contributed by atoms with Gasteiger partial charge < -0.3 is 19.5 Å². The Morgan fingerprint density at radius 3 is 2.58 bits per heavy atom. The van der Waals surface area contributed by atoms with Crippen molar-refractivity contribution in [2.75, 3.05) is 26.3 Å². The summed E-state index contributed by atoms with van der Waals surface area (Å²) in [6, 6.07) is 4.63. The van der Waals surface area contributed by atoms with Crippen molar-refractivity contribution < 1.29 is 24.5 Å². The predicted octanol–water partition coefficient (Wildman–Crippen LogP) is 1.95. The zero-order valence-corrected chi connectivity index (χ0v) is 14.4. The topological polar surface area (TPSA) is 92.0 Å². The van der Waals surface area contributed by atoms with Crippen LogP contribution in [-0.4, -0.2) is 57.9 Å². The van der Waals surface area contributed by atoms with Gasteiger partial charge in [-0.15, -0.1) is 0 Å². The molecule has 2 aromatic rings. The fraction of sp³-hybridized carbons (Fsp3) is 0.375. The average molecular weight is 397 g/mol. The number of carboxylic acid groups (broad SMARTS) is 2. The van der Waals surface area contributed by atoms with Crippen molar-refractivity contribution in [2.45, 2.75) is 12.6 Å². The summed E-state index contributed by atoms with van der Waals surface area (Å²) in [6.07, 6.45) is 1.64. The molecule has 1 atom stereocenters. The molecule has 7 nitrogen and oxygen atoms in total. The molecule has 0 amide bonds. The van der Waals surface area contributed by atoms with E-state index < -0.39 is 18.0 Å². The van der Waals surface area contributed by atoms with E-state index in [4.69, 9.17) is 9.84 Å². The van der Waals surface area contributed by atoms with Gasteiger partial charge in [0, 0.05) is 34.7 Å². The number of rotatable bonds is 5. The second-order valence-electron chi connectivity index (χ2n) is 5.66. The van der Waals surface area contributed by atoms with E-state index in [9.17, 15) is 14.7 Å². The van der Waals surface area contributed by atoms with E-state index in [1.165, 1.54) is 0 Å². The molecular formula is C16H17BrN2O5. The average Bonchev–Trinajstić information content (AvgIpc) is 2.85. The van der Waals surface area contributed by atoms with Crippen LogP contribution in [0.3, 0.4) is 0 Å². The van der Waals surface area contributed by atoms with Crippen LogP contribution < -0.4 is 0 Å². The molecule has 3 rings (SSSR count). The molecule has 0 spiro atoms. The largest absolute Gasteiger partial charge is 0.480 e. The van der Waals surface area contributed by atoms with Crippen molar-refractivity contribution in [1.29, 1.82) is 0 Å². The molecule has 1 fully saturated rings. The first-order valence-electron chi connectivity index (χ1n) is 7.52. The van der Waals surface area contributed by atoms with E-state index in [1.54, 1.807) is 16.8 Å². The molecule has 1 unspecified atom stereocenters. The van der Waals surface area contributed by atoms with Crippen molar-refractivity contribution in [2.24, 2.45) is 0 Å². The first-order chi connectivity index (χ1) is 11.5. The Hall–Kier alpha value is -1.90. The zero-order valence-electron chi connectivity index (χ0n) is 12.8. The lowest BCUT2D eigenvalue weighted by molar-refractivity contribution is -0.145. The number of halogens is 1. The molecule has 1 aromatic carbocycles. The maximum atomic E-state index is 11.9. The van der Waals surface area contributed by atoms with Crippen molar-refractivity contribution in [3.8, 4) is 0 Å². The number of carbonyl (C=O) groups is 2. The van der Waals surface area contributed by atoms with Gasteiger partial charge in [-0.1, -0.05) is 22.0 Å². The summed E-state index contributed by atoms with van der Waals surface area (Å²) in [5.74, 6) is -1.93. The highest BCUT2D eigenvalue weighted by atomic mass is 79.9. The molecule has 1 aromatic heterocycles. The summed E-state index contributed by atoms with van der Waals surface area (Å²) in [7, 11) is 0. The third-order valence-electron chi connectivity index (χ3n) is 4.12. The number of aromatic nitrogens is 1. The number of hydrogen-bond donors (Lipinski definition) is 2. The first kappa shape index (κ1) is 16.9. The van der Waals surface area contributed by atoms with Crippen molar-refractivity contribution in [1.82, 2.24) is 9.47 Å². The Labute approximate surface area is 146 Å². The molecule has 2 heterocycles. The molecule has 0 saturated carbocycles. The van der Waals surface area contributed by atoms with E-state index in [-0.39, 0.29) is 6.54 Å². The third-order valence-corrected chi connectivity index (χ3v) is 4.61. The summed E-state index contributed by atoms with van der Waals surface area (Å²) in [5.41, 5.74) is 1.30. The van der Waals surface area contributed by atoms with E-state index in [2.05, 4.69) is 15.9 Å². The Kier molecular flexibility index (Phi) is 4.88. The minimum Gasteiger partial charge on any atom is -0.480 e. The molecule has 0 bridgehead atoms. The highest BCUT2D eigenvalue weighted by Crippen LogP contribution is 2.32. The third kappa shape index (κ3) is 3.31. The Morgan fingerprint density at radius 2 is 1.96 bits per heavy atom.